The van der Waals surface area contributed by atoms with Gasteiger partial charge in [-0.15, -0.1) is 0 Å². The van der Waals surface area contributed by atoms with Crippen LogP contribution in [-0.4, -0.2) is 0 Å². The first-order valence-electron chi connectivity index (χ1n) is 12.7. The molecule has 2 heteroatoms. The molecule has 1 spiro atoms. The van der Waals surface area contributed by atoms with Gasteiger partial charge in [-0.05, 0) is 90.9 Å². The molecule has 1 atom stereocenters. The van der Waals surface area contributed by atoms with Crippen LogP contribution in [-0.2, 0) is 10.8 Å². The summed E-state index contributed by atoms with van der Waals surface area (Å²) in [6.07, 6.45) is 0. The lowest BCUT2D eigenvalue weighted by molar-refractivity contribution is 0.588. The normalized spacial score (nSPS) is 16.9. The number of hydrogen-bond acceptors (Lipinski definition) is 0. The third-order valence-corrected chi connectivity index (χ3v) is 9.18. The summed E-state index contributed by atoms with van der Waals surface area (Å²) in [6.45, 7) is 6.92. The van der Waals surface area contributed by atoms with Gasteiger partial charge in [0.1, 0.15) is 0 Å². The van der Waals surface area contributed by atoms with Gasteiger partial charge in [0.25, 0.3) is 0 Å². The van der Waals surface area contributed by atoms with Crippen LogP contribution in [0.4, 0.5) is 0 Å². The van der Waals surface area contributed by atoms with Gasteiger partial charge in [0.05, 0.1) is 5.41 Å². The van der Waals surface area contributed by atoms with Crippen molar-refractivity contribution in [1.29, 1.82) is 0 Å². The van der Waals surface area contributed by atoms with Crippen molar-refractivity contribution in [1.82, 2.24) is 0 Å². The fourth-order valence-electron chi connectivity index (χ4n) is 6.55. The first kappa shape index (κ1) is 23.2. The number of rotatable bonds is 0. The van der Waals surface area contributed by atoms with E-state index < -0.39 is 5.41 Å². The Morgan fingerprint density at radius 2 is 0.973 bits per heavy atom. The van der Waals surface area contributed by atoms with Crippen LogP contribution in [0.15, 0.2) is 112 Å². The van der Waals surface area contributed by atoms with Gasteiger partial charge >= 0.3 is 0 Å². The second-order valence-electron chi connectivity index (χ2n) is 11.2. The molecule has 1 unspecified atom stereocenters. The lowest BCUT2D eigenvalue weighted by Crippen LogP contribution is -2.30. The van der Waals surface area contributed by atoms with E-state index in [0.717, 1.165) is 8.95 Å². The molecule has 180 valence electrons. The lowest BCUT2D eigenvalue weighted by atomic mass is 9.65. The van der Waals surface area contributed by atoms with Gasteiger partial charge in [-0.3, -0.25) is 0 Å². The van der Waals surface area contributed by atoms with Crippen molar-refractivity contribution >= 4 is 31.9 Å². The van der Waals surface area contributed by atoms with Crippen molar-refractivity contribution in [2.75, 3.05) is 0 Å². The smallest absolute Gasteiger partial charge is 0.0619 e. The number of benzene rings is 5. The lowest BCUT2D eigenvalue weighted by Gasteiger charge is -2.36. The van der Waals surface area contributed by atoms with E-state index in [-0.39, 0.29) is 5.41 Å². The zero-order chi connectivity index (χ0) is 25.5. The highest BCUT2D eigenvalue weighted by Crippen LogP contribution is 2.62. The van der Waals surface area contributed by atoms with Gasteiger partial charge in [-0.1, -0.05) is 131 Å². The SMILES string of the molecule is CC(C)(C)c1ccc2c(c1)C1(c3ccc(Br)cc3-c3ccccc3-c3ccc(Br)cc31)c1ccccc1-2. The van der Waals surface area contributed by atoms with Crippen molar-refractivity contribution in [2.45, 2.75) is 31.6 Å². The van der Waals surface area contributed by atoms with Crippen LogP contribution >= 0.6 is 31.9 Å². The van der Waals surface area contributed by atoms with Crippen LogP contribution < -0.4 is 0 Å². The van der Waals surface area contributed by atoms with Crippen LogP contribution in [0.2, 0.25) is 0 Å². The third-order valence-electron chi connectivity index (χ3n) is 8.19. The maximum atomic E-state index is 3.86. The molecule has 0 saturated carbocycles. The molecule has 0 heterocycles. The number of fused-ring (bicyclic) bond motifs is 12. The molecule has 0 aromatic heterocycles. The molecule has 0 saturated heterocycles. The molecule has 0 fully saturated rings. The summed E-state index contributed by atoms with van der Waals surface area (Å²) in [5, 5.41) is 0. The molecule has 7 rings (SSSR count). The number of hydrogen-bond donors (Lipinski definition) is 0. The van der Waals surface area contributed by atoms with Crippen molar-refractivity contribution in [3.05, 3.63) is 140 Å². The Labute approximate surface area is 235 Å². The Balaban J connectivity index is 1.76. The third kappa shape index (κ3) is 3.19. The highest BCUT2D eigenvalue weighted by molar-refractivity contribution is 9.10. The minimum absolute atomic E-state index is 0.0430. The maximum absolute atomic E-state index is 3.86. The minimum atomic E-state index is -0.443. The summed E-state index contributed by atoms with van der Waals surface area (Å²) in [5.41, 5.74) is 14.1. The Kier molecular flexibility index (Phi) is 5.03. The summed E-state index contributed by atoms with van der Waals surface area (Å²) in [7, 11) is 0. The van der Waals surface area contributed by atoms with Crippen molar-refractivity contribution in [2.24, 2.45) is 0 Å². The van der Waals surface area contributed by atoms with E-state index in [0.29, 0.717) is 0 Å². The quantitative estimate of drug-likeness (QED) is 0.161. The van der Waals surface area contributed by atoms with Crippen molar-refractivity contribution in [3.8, 4) is 33.4 Å². The van der Waals surface area contributed by atoms with Crippen LogP contribution in [0.25, 0.3) is 33.4 Å². The summed E-state index contributed by atoms with van der Waals surface area (Å²) in [6, 6.07) is 38.8. The predicted octanol–water partition coefficient (Wildman–Crippen LogP) is 10.5. The molecule has 0 bridgehead atoms. The molecule has 5 aromatic carbocycles. The molecule has 0 amide bonds. The molecular formula is C35H26Br2. The van der Waals surface area contributed by atoms with E-state index in [9.17, 15) is 0 Å². The highest BCUT2D eigenvalue weighted by atomic mass is 79.9. The van der Waals surface area contributed by atoms with Crippen LogP contribution in [0.5, 0.6) is 0 Å². The predicted molar refractivity (Wildman–Crippen MR) is 162 cm³/mol. The van der Waals surface area contributed by atoms with Crippen molar-refractivity contribution < 1.29 is 0 Å². The molecular weight excluding hydrogens is 580 g/mol. The first-order chi connectivity index (χ1) is 17.8. The average Bonchev–Trinajstić information content (AvgIpc) is 3.13. The van der Waals surface area contributed by atoms with E-state index in [1.165, 1.54) is 61.2 Å². The van der Waals surface area contributed by atoms with E-state index in [1.807, 2.05) is 0 Å². The fraction of sp³-hybridized carbons (Fsp3) is 0.143. The summed E-state index contributed by atoms with van der Waals surface area (Å²) >= 11 is 7.66. The molecule has 37 heavy (non-hydrogen) atoms. The first-order valence-corrected chi connectivity index (χ1v) is 14.3. The van der Waals surface area contributed by atoms with E-state index >= 15 is 0 Å². The highest BCUT2D eigenvalue weighted by Gasteiger charge is 2.50. The maximum Gasteiger partial charge on any atom is 0.0726 e. The minimum Gasteiger partial charge on any atom is -0.0619 e. The zero-order valence-electron chi connectivity index (χ0n) is 21.1. The van der Waals surface area contributed by atoms with Gasteiger partial charge in [0.2, 0.25) is 0 Å². The fourth-order valence-corrected chi connectivity index (χ4v) is 7.27. The van der Waals surface area contributed by atoms with E-state index in [2.05, 4.69) is 156 Å². The van der Waals surface area contributed by atoms with Gasteiger partial charge in [0.15, 0.2) is 0 Å². The monoisotopic (exact) mass is 604 g/mol. The Bertz CT molecular complexity index is 1740. The Hall–Kier alpha value is -2.94. The van der Waals surface area contributed by atoms with Crippen LogP contribution in [0.1, 0.15) is 48.6 Å². The molecule has 0 aliphatic heterocycles. The second kappa shape index (κ2) is 8.03. The van der Waals surface area contributed by atoms with Gasteiger partial charge in [-0.2, -0.15) is 0 Å². The molecule has 0 nitrogen and oxygen atoms in total. The summed E-state index contributed by atoms with van der Waals surface area (Å²) in [5.74, 6) is 0. The average molecular weight is 606 g/mol. The van der Waals surface area contributed by atoms with Gasteiger partial charge in [-0.25, -0.2) is 0 Å². The summed E-state index contributed by atoms with van der Waals surface area (Å²) < 4.78 is 2.19. The largest absolute Gasteiger partial charge is 0.0726 e. The van der Waals surface area contributed by atoms with Crippen LogP contribution in [0.3, 0.4) is 0 Å². The van der Waals surface area contributed by atoms with E-state index in [1.54, 1.807) is 0 Å². The molecule has 5 aromatic rings. The van der Waals surface area contributed by atoms with E-state index in [4.69, 9.17) is 0 Å². The molecule has 2 aliphatic rings. The molecule has 0 radical (unpaired) electrons. The topological polar surface area (TPSA) is 0 Å². The summed E-state index contributed by atoms with van der Waals surface area (Å²) in [4.78, 5) is 0. The van der Waals surface area contributed by atoms with Crippen LogP contribution in [0, 0.1) is 0 Å². The standard InChI is InChI=1S/C35H26Br2/c1-34(2,3)21-12-15-28-26-10-6-7-11-30(26)35(32(28)18-21)31-17-14-22(36)19-29(31)25-9-5-4-8-24(25)27-16-13-23(37)20-33(27)35/h4-20H,1-3H3. The molecule has 0 N–H and O–H groups in total. The Morgan fingerprint density at radius 3 is 1.73 bits per heavy atom. The van der Waals surface area contributed by atoms with Crippen molar-refractivity contribution in [3.63, 3.8) is 0 Å². The van der Waals surface area contributed by atoms with Gasteiger partial charge < -0.3 is 0 Å². The van der Waals surface area contributed by atoms with Gasteiger partial charge in [0, 0.05) is 8.95 Å². The second-order valence-corrected chi connectivity index (χ2v) is 13.1. The zero-order valence-corrected chi connectivity index (χ0v) is 24.2. The molecule has 2 aliphatic carbocycles. The number of halogens is 2. The Morgan fingerprint density at radius 1 is 0.459 bits per heavy atom.